The summed E-state index contributed by atoms with van der Waals surface area (Å²) in [6.45, 7) is 4.82. The minimum atomic E-state index is -0.714. The van der Waals surface area contributed by atoms with Crippen LogP contribution in [0.1, 0.15) is 60.1 Å². The van der Waals surface area contributed by atoms with Crippen LogP contribution >= 0.6 is 11.3 Å². The molecule has 164 valence electrons. The maximum absolute atomic E-state index is 13.2. The molecule has 2 aliphatic heterocycles. The van der Waals surface area contributed by atoms with Gasteiger partial charge in [-0.25, -0.2) is 4.98 Å². The first-order valence-electron chi connectivity index (χ1n) is 10.8. The number of carbonyl (C=O) groups excluding carboxylic acids is 3. The highest BCUT2D eigenvalue weighted by Gasteiger charge is 2.52. The number of hydrogen-bond donors (Lipinski definition) is 1. The lowest BCUT2D eigenvalue weighted by molar-refractivity contribution is -0.121. The Morgan fingerprint density at radius 3 is 2.84 bits per heavy atom. The standard InChI is InChI=1S/C23H28N4O3S/c1-16-15-31-20(25-16)9-5-6-13-24-19(28)11-14-26-22(30)17-7-3-4-8-18(17)27-21(29)10-12-23(26,27)2/h3-4,7-8,15H,5-6,9-14H2,1-2H3,(H,24,28). The number of fused-ring (bicyclic) bond motifs is 3. The van der Waals surface area contributed by atoms with Gasteiger partial charge < -0.3 is 10.2 Å². The van der Waals surface area contributed by atoms with E-state index in [-0.39, 0.29) is 30.7 Å². The normalized spacial score (nSPS) is 20.1. The van der Waals surface area contributed by atoms with Crippen LogP contribution in [0, 0.1) is 6.92 Å². The molecule has 3 heterocycles. The third-order valence-electron chi connectivity index (χ3n) is 6.11. The van der Waals surface area contributed by atoms with Gasteiger partial charge in [0.1, 0.15) is 5.66 Å². The van der Waals surface area contributed by atoms with Crippen LogP contribution in [0.4, 0.5) is 5.69 Å². The van der Waals surface area contributed by atoms with Crippen LogP contribution < -0.4 is 10.2 Å². The van der Waals surface area contributed by atoms with Crippen LogP contribution in [0.5, 0.6) is 0 Å². The van der Waals surface area contributed by atoms with Crippen LogP contribution in [-0.4, -0.2) is 46.4 Å². The molecule has 0 saturated carbocycles. The third-order valence-corrected chi connectivity index (χ3v) is 7.14. The molecule has 4 rings (SSSR count). The number of hydrogen-bond acceptors (Lipinski definition) is 5. The number of carbonyl (C=O) groups is 3. The van der Waals surface area contributed by atoms with Crippen molar-refractivity contribution in [3.63, 3.8) is 0 Å². The molecular formula is C23H28N4O3S. The fourth-order valence-corrected chi connectivity index (χ4v) is 5.31. The molecule has 2 aromatic rings. The SMILES string of the molecule is Cc1csc(CCCCNC(=O)CCN2C(=O)c3ccccc3N3C(=O)CCC23C)n1. The summed E-state index contributed by atoms with van der Waals surface area (Å²) in [5.41, 5.74) is 1.54. The third kappa shape index (κ3) is 4.21. The molecular weight excluding hydrogens is 412 g/mol. The summed E-state index contributed by atoms with van der Waals surface area (Å²) >= 11 is 1.68. The monoisotopic (exact) mass is 440 g/mol. The number of rotatable bonds is 8. The van der Waals surface area contributed by atoms with E-state index in [9.17, 15) is 14.4 Å². The minimum absolute atomic E-state index is 0.0207. The fraction of sp³-hybridized carbons (Fsp3) is 0.478. The Morgan fingerprint density at radius 1 is 1.26 bits per heavy atom. The number of unbranched alkanes of at least 4 members (excludes halogenated alkanes) is 1. The van der Waals surface area contributed by atoms with Gasteiger partial charge in [-0.1, -0.05) is 12.1 Å². The number of anilines is 1. The molecule has 1 N–H and O–H groups in total. The lowest BCUT2D eigenvalue weighted by Gasteiger charge is -2.48. The number of thiazole rings is 1. The first-order chi connectivity index (χ1) is 14.9. The van der Waals surface area contributed by atoms with Crippen molar-refractivity contribution < 1.29 is 14.4 Å². The number of amides is 3. The molecule has 1 unspecified atom stereocenters. The summed E-state index contributed by atoms with van der Waals surface area (Å²) in [5.74, 6) is -0.167. The smallest absolute Gasteiger partial charge is 0.257 e. The van der Waals surface area contributed by atoms with E-state index in [0.29, 0.717) is 30.6 Å². The largest absolute Gasteiger partial charge is 0.356 e. The number of nitrogens with one attached hydrogen (secondary N) is 1. The van der Waals surface area contributed by atoms with E-state index in [1.54, 1.807) is 33.3 Å². The minimum Gasteiger partial charge on any atom is -0.356 e. The van der Waals surface area contributed by atoms with Crippen molar-refractivity contribution in [3.05, 3.63) is 45.9 Å². The van der Waals surface area contributed by atoms with Gasteiger partial charge in [-0.3, -0.25) is 19.3 Å². The van der Waals surface area contributed by atoms with Crippen LogP contribution in [-0.2, 0) is 16.0 Å². The maximum atomic E-state index is 13.2. The van der Waals surface area contributed by atoms with E-state index < -0.39 is 5.66 Å². The quantitative estimate of drug-likeness (QED) is 0.639. The summed E-state index contributed by atoms with van der Waals surface area (Å²) in [4.78, 5) is 46.0. The predicted octanol–water partition coefficient (Wildman–Crippen LogP) is 3.28. The van der Waals surface area contributed by atoms with Gasteiger partial charge in [-0.2, -0.15) is 0 Å². The number of benzene rings is 1. The van der Waals surface area contributed by atoms with Gasteiger partial charge >= 0.3 is 0 Å². The van der Waals surface area contributed by atoms with Gasteiger partial charge in [0.15, 0.2) is 0 Å². The zero-order chi connectivity index (χ0) is 22.0. The molecule has 0 spiro atoms. The van der Waals surface area contributed by atoms with Gasteiger partial charge in [0.25, 0.3) is 5.91 Å². The topological polar surface area (TPSA) is 82.6 Å². The Hall–Kier alpha value is -2.74. The van der Waals surface area contributed by atoms with Crippen LogP contribution in [0.25, 0.3) is 0 Å². The Balaban J connectivity index is 1.31. The molecule has 8 heteroatoms. The zero-order valence-corrected chi connectivity index (χ0v) is 18.8. The van der Waals surface area contributed by atoms with Crippen molar-refractivity contribution in [2.45, 2.75) is 58.0 Å². The molecule has 31 heavy (non-hydrogen) atoms. The maximum Gasteiger partial charge on any atom is 0.257 e. The van der Waals surface area contributed by atoms with Crippen molar-refractivity contribution >= 4 is 34.7 Å². The molecule has 2 aliphatic rings. The summed E-state index contributed by atoms with van der Waals surface area (Å²) < 4.78 is 0. The lowest BCUT2D eigenvalue weighted by atomic mass is 9.98. The number of nitrogens with zero attached hydrogens (tertiary/aromatic N) is 3. The van der Waals surface area contributed by atoms with Crippen molar-refractivity contribution in [3.8, 4) is 0 Å². The Bertz CT molecular complexity index is 1000. The number of aromatic nitrogens is 1. The highest BCUT2D eigenvalue weighted by molar-refractivity contribution is 7.09. The van der Waals surface area contributed by atoms with Gasteiger partial charge in [0.2, 0.25) is 11.8 Å². The Kier molecular flexibility index (Phi) is 6.09. The van der Waals surface area contributed by atoms with E-state index in [0.717, 1.165) is 30.0 Å². The van der Waals surface area contributed by atoms with E-state index in [4.69, 9.17) is 0 Å². The molecule has 1 saturated heterocycles. The summed E-state index contributed by atoms with van der Waals surface area (Å²) in [6, 6.07) is 7.22. The summed E-state index contributed by atoms with van der Waals surface area (Å²) in [6.07, 6.45) is 3.99. The van der Waals surface area contributed by atoms with Crippen LogP contribution in [0.2, 0.25) is 0 Å². The first kappa shape index (κ1) is 21.5. The average molecular weight is 441 g/mol. The second-order valence-electron chi connectivity index (χ2n) is 8.36. The second kappa shape index (κ2) is 8.78. The van der Waals surface area contributed by atoms with Gasteiger partial charge in [-0.05, 0) is 51.7 Å². The zero-order valence-electron chi connectivity index (χ0n) is 18.0. The second-order valence-corrected chi connectivity index (χ2v) is 9.30. The number of para-hydroxylation sites is 1. The van der Waals surface area contributed by atoms with Crippen molar-refractivity contribution in [2.75, 3.05) is 18.0 Å². The van der Waals surface area contributed by atoms with Crippen LogP contribution in [0.15, 0.2) is 29.6 Å². The molecule has 3 amide bonds. The molecule has 0 bridgehead atoms. The lowest BCUT2D eigenvalue weighted by Crippen LogP contribution is -2.62. The highest BCUT2D eigenvalue weighted by Crippen LogP contribution is 2.43. The molecule has 1 fully saturated rings. The predicted molar refractivity (Wildman–Crippen MR) is 120 cm³/mol. The Labute approximate surface area is 186 Å². The molecule has 1 atom stereocenters. The molecule has 1 aromatic heterocycles. The molecule has 0 radical (unpaired) electrons. The first-order valence-corrected chi connectivity index (χ1v) is 11.7. The van der Waals surface area contributed by atoms with E-state index in [1.165, 1.54) is 0 Å². The van der Waals surface area contributed by atoms with Crippen molar-refractivity contribution in [1.82, 2.24) is 15.2 Å². The van der Waals surface area contributed by atoms with E-state index in [2.05, 4.69) is 15.7 Å². The van der Waals surface area contributed by atoms with Gasteiger partial charge in [0.05, 0.1) is 16.3 Å². The number of aryl methyl sites for hydroxylation is 2. The summed E-state index contributed by atoms with van der Waals surface area (Å²) in [5, 5.41) is 6.14. The fourth-order valence-electron chi connectivity index (χ4n) is 4.49. The van der Waals surface area contributed by atoms with E-state index in [1.807, 2.05) is 26.0 Å². The molecule has 1 aromatic carbocycles. The van der Waals surface area contributed by atoms with Gasteiger partial charge in [-0.15, -0.1) is 11.3 Å². The summed E-state index contributed by atoms with van der Waals surface area (Å²) in [7, 11) is 0. The highest BCUT2D eigenvalue weighted by atomic mass is 32.1. The Morgan fingerprint density at radius 2 is 2.06 bits per heavy atom. The van der Waals surface area contributed by atoms with E-state index >= 15 is 0 Å². The van der Waals surface area contributed by atoms with Crippen molar-refractivity contribution in [1.29, 1.82) is 0 Å². The molecule has 0 aliphatic carbocycles. The van der Waals surface area contributed by atoms with Gasteiger partial charge in [0, 0.05) is 37.0 Å². The van der Waals surface area contributed by atoms with Crippen molar-refractivity contribution in [2.24, 2.45) is 0 Å². The molecule has 7 nitrogen and oxygen atoms in total. The van der Waals surface area contributed by atoms with Crippen LogP contribution in [0.3, 0.4) is 0 Å². The average Bonchev–Trinajstić information content (AvgIpc) is 3.30.